The maximum atomic E-state index is 10.2. The summed E-state index contributed by atoms with van der Waals surface area (Å²) in [4.78, 5) is 10.2. The Bertz CT molecular complexity index is 82.5. The minimum absolute atomic E-state index is 0.0480. The molecule has 2 nitrogen and oxygen atoms in total. The first kappa shape index (κ1) is 7.92. The molecule has 0 aromatic heterocycles. The lowest BCUT2D eigenvalue weighted by Gasteiger charge is -2.01. The van der Waals surface area contributed by atoms with E-state index in [4.69, 9.17) is 11.6 Å². The van der Waals surface area contributed by atoms with Crippen molar-refractivity contribution in [1.82, 2.24) is 0 Å². The SMILES string of the molecule is CO[C@@H](Cl)CC(C)=O. The number of hydrogen-bond acceptors (Lipinski definition) is 2. The highest BCUT2D eigenvalue weighted by Gasteiger charge is 2.03. The van der Waals surface area contributed by atoms with Gasteiger partial charge >= 0.3 is 0 Å². The van der Waals surface area contributed by atoms with Crippen LogP contribution in [0.1, 0.15) is 13.3 Å². The van der Waals surface area contributed by atoms with Gasteiger partial charge in [0.15, 0.2) is 0 Å². The van der Waals surface area contributed by atoms with E-state index in [1.54, 1.807) is 0 Å². The molecule has 0 saturated heterocycles. The molecule has 0 aliphatic rings. The lowest BCUT2D eigenvalue weighted by molar-refractivity contribution is -0.118. The van der Waals surface area contributed by atoms with Crippen LogP contribution in [0.3, 0.4) is 0 Å². The highest BCUT2D eigenvalue weighted by atomic mass is 35.5. The molecule has 0 aliphatic heterocycles. The zero-order chi connectivity index (χ0) is 6.57. The van der Waals surface area contributed by atoms with Gasteiger partial charge in [-0.05, 0) is 6.92 Å². The number of ether oxygens (including phenoxy) is 1. The van der Waals surface area contributed by atoms with Gasteiger partial charge < -0.3 is 4.74 Å². The van der Waals surface area contributed by atoms with Crippen LogP contribution in [0.4, 0.5) is 0 Å². The Hall–Kier alpha value is -0.0800. The molecule has 0 fully saturated rings. The number of Topliss-reactive ketones (excluding diaryl/α,β-unsaturated/α-hetero) is 1. The minimum atomic E-state index is -0.451. The summed E-state index contributed by atoms with van der Waals surface area (Å²) in [6.45, 7) is 1.48. The normalized spacial score (nSPS) is 13.4. The second kappa shape index (κ2) is 3.87. The van der Waals surface area contributed by atoms with E-state index < -0.39 is 5.56 Å². The average Bonchev–Trinajstić information content (AvgIpc) is 1.65. The number of carbonyl (C=O) groups is 1. The van der Waals surface area contributed by atoms with E-state index in [-0.39, 0.29) is 12.2 Å². The molecular formula is C5H9ClO2. The number of halogens is 1. The van der Waals surface area contributed by atoms with Crippen molar-refractivity contribution >= 4 is 17.4 Å². The van der Waals surface area contributed by atoms with Crippen molar-refractivity contribution in [3.8, 4) is 0 Å². The van der Waals surface area contributed by atoms with Gasteiger partial charge in [-0.15, -0.1) is 0 Å². The van der Waals surface area contributed by atoms with Crippen molar-refractivity contribution in [2.75, 3.05) is 7.11 Å². The maximum absolute atomic E-state index is 10.2. The predicted molar refractivity (Wildman–Crippen MR) is 31.9 cm³/mol. The summed E-state index contributed by atoms with van der Waals surface area (Å²) in [7, 11) is 1.47. The van der Waals surface area contributed by atoms with Crippen LogP contribution in [0, 0.1) is 0 Å². The summed E-state index contributed by atoms with van der Waals surface area (Å²) < 4.78 is 4.61. The number of rotatable bonds is 3. The van der Waals surface area contributed by atoms with Crippen LogP contribution in [0.5, 0.6) is 0 Å². The van der Waals surface area contributed by atoms with Crippen LogP contribution in [0.25, 0.3) is 0 Å². The Kier molecular flexibility index (Phi) is 3.83. The topological polar surface area (TPSA) is 26.3 Å². The monoisotopic (exact) mass is 136 g/mol. The quantitative estimate of drug-likeness (QED) is 0.545. The van der Waals surface area contributed by atoms with E-state index in [1.807, 2.05) is 0 Å². The first-order chi connectivity index (χ1) is 3.66. The molecule has 0 spiro atoms. The van der Waals surface area contributed by atoms with E-state index in [0.29, 0.717) is 0 Å². The lowest BCUT2D eigenvalue weighted by Crippen LogP contribution is -2.05. The molecule has 3 heteroatoms. The molecule has 0 aromatic carbocycles. The third-order valence-corrected chi connectivity index (χ3v) is 1.04. The Morgan fingerprint density at radius 3 is 2.50 bits per heavy atom. The van der Waals surface area contributed by atoms with Gasteiger partial charge in [0.2, 0.25) is 0 Å². The van der Waals surface area contributed by atoms with Gasteiger partial charge in [0, 0.05) is 13.5 Å². The highest BCUT2D eigenvalue weighted by Crippen LogP contribution is 2.01. The first-order valence-corrected chi connectivity index (χ1v) is 2.76. The fourth-order valence-electron chi connectivity index (χ4n) is 0.309. The second-order valence-electron chi connectivity index (χ2n) is 1.55. The molecule has 0 rings (SSSR count). The van der Waals surface area contributed by atoms with E-state index >= 15 is 0 Å². The number of carbonyl (C=O) groups excluding carboxylic acids is 1. The molecule has 48 valence electrons. The van der Waals surface area contributed by atoms with E-state index in [1.165, 1.54) is 14.0 Å². The van der Waals surface area contributed by atoms with Crippen LogP contribution in [0.2, 0.25) is 0 Å². The fraction of sp³-hybridized carbons (Fsp3) is 0.800. The molecule has 0 unspecified atom stereocenters. The van der Waals surface area contributed by atoms with Crippen molar-refractivity contribution in [1.29, 1.82) is 0 Å². The summed E-state index contributed by atoms with van der Waals surface area (Å²) in [5.41, 5.74) is -0.451. The van der Waals surface area contributed by atoms with Crippen molar-refractivity contribution in [3.05, 3.63) is 0 Å². The van der Waals surface area contributed by atoms with Crippen LogP contribution in [-0.2, 0) is 9.53 Å². The number of alkyl halides is 1. The molecule has 1 atom stereocenters. The summed E-state index contributed by atoms with van der Waals surface area (Å²) in [6.07, 6.45) is 0.290. The van der Waals surface area contributed by atoms with Crippen LogP contribution in [-0.4, -0.2) is 18.5 Å². The number of methoxy groups -OCH3 is 1. The summed E-state index contributed by atoms with van der Waals surface area (Å²) in [5.74, 6) is 0.0480. The first-order valence-electron chi connectivity index (χ1n) is 2.33. The molecule has 0 heterocycles. The summed E-state index contributed by atoms with van der Waals surface area (Å²) in [6, 6.07) is 0. The fourth-order valence-corrected chi connectivity index (χ4v) is 0.527. The largest absolute Gasteiger partial charge is 0.365 e. The van der Waals surface area contributed by atoms with Crippen molar-refractivity contribution in [2.45, 2.75) is 18.9 Å². The van der Waals surface area contributed by atoms with Gasteiger partial charge in [-0.3, -0.25) is 4.79 Å². The molecule has 0 aliphatic carbocycles. The molecule has 0 bridgehead atoms. The van der Waals surface area contributed by atoms with Gasteiger partial charge in [-0.25, -0.2) is 0 Å². The van der Waals surface area contributed by atoms with Gasteiger partial charge in [0.25, 0.3) is 0 Å². The summed E-state index contributed by atoms with van der Waals surface area (Å²) >= 11 is 5.42. The highest BCUT2D eigenvalue weighted by molar-refractivity contribution is 6.20. The minimum Gasteiger partial charge on any atom is -0.365 e. The van der Waals surface area contributed by atoms with Crippen LogP contribution < -0.4 is 0 Å². The molecule has 0 amide bonds. The molecule has 0 saturated carbocycles. The van der Waals surface area contributed by atoms with E-state index in [0.717, 1.165) is 0 Å². The third-order valence-electron chi connectivity index (χ3n) is 0.704. The van der Waals surface area contributed by atoms with E-state index in [2.05, 4.69) is 4.74 Å². The predicted octanol–water partition coefficient (Wildman–Crippen LogP) is 1.18. The van der Waals surface area contributed by atoms with Crippen molar-refractivity contribution in [3.63, 3.8) is 0 Å². The molecule has 0 radical (unpaired) electrons. The van der Waals surface area contributed by atoms with Crippen LogP contribution in [0.15, 0.2) is 0 Å². The average molecular weight is 137 g/mol. The standard InChI is InChI=1S/C5H9ClO2/c1-4(7)3-5(6)8-2/h5H,3H2,1-2H3/t5-/m1/s1. The maximum Gasteiger partial charge on any atom is 0.137 e. The van der Waals surface area contributed by atoms with Crippen LogP contribution >= 0.6 is 11.6 Å². The van der Waals surface area contributed by atoms with E-state index in [9.17, 15) is 4.79 Å². The Labute approximate surface area is 53.8 Å². The second-order valence-corrected chi connectivity index (χ2v) is 2.04. The number of hydrogen-bond donors (Lipinski definition) is 0. The Morgan fingerprint density at radius 2 is 2.38 bits per heavy atom. The molecule has 8 heavy (non-hydrogen) atoms. The number of ketones is 1. The van der Waals surface area contributed by atoms with Gasteiger partial charge in [0.1, 0.15) is 11.3 Å². The van der Waals surface area contributed by atoms with Crippen molar-refractivity contribution < 1.29 is 9.53 Å². The molecule has 0 aromatic rings. The summed E-state index contributed by atoms with van der Waals surface area (Å²) in [5, 5.41) is 0. The van der Waals surface area contributed by atoms with Gasteiger partial charge in [0.05, 0.1) is 0 Å². The van der Waals surface area contributed by atoms with Gasteiger partial charge in [-0.2, -0.15) is 0 Å². The lowest BCUT2D eigenvalue weighted by atomic mass is 10.3. The third kappa shape index (κ3) is 4.09. The molecule has 0 N–H and O–H groups in total. The molecular weight excluding hydrogens is 128 g/mol. The Morgan fingerprint density at radius 1 is 1.88 bits per heavy atom. The Balaban J connectivity index is 3.24. The van der Waals surface area contributed by atoms with Gasteiger partial charge in [-0.1, -0.05) is 11.6 Å². The zero-order valence-corrected chi connectivity index (χ0v) is 5.73. The smallest absolute Gasteiger partial charge is 0.137 e. The van der Waals surface area contributed by atoms with Crippen molar-refractivity contribution in [2.24, 2.45) is 0 Å². The zero-order valence-electron chi connectivity index (χ0n) is 4.98.